The lowest BCUT2D eigenvalue weighted by Crippen LogP contribution is -2.45. The van der Waals surface area contributed by atoms with E-state index in [1.807, 2.05) is 6.08 Å². The van der Waals surface area contributed by atoms with E-state index in [0.29, 0.717) is 49.9 Å². The summed E-state index contributed by atoms with van der Waals surface area (Å²) in [5.41, 5.74) is 5.10. The number of oxime groups is 1. The molecule has 4 aliphatic rings. The Balaban J connectivity index is 1.52. The quantitative estimate of drug-likeness (QED) is 0.246. The molecular weight excluding hydrogens is 502 g/mol. The molecule has 0 heterocycles. The molecule has 8 nitrogen and oxygen atoms in total. The SMILES string of the molecule is CCN(CC)S(=O)(=O)ON=C1C=C2CCC3C(=C2CC1)CC[C@@]1(C)C3CC[C@]1(CC#N)CCCCC(=O)O. The molecule has 0 aromatic carbocycles. The fourth-order valence-corrected chi connectivity index (χ4v) is 9.12. The lowest BCUT2D eigenvalue weighted by molar-refractivity contribution is -0.137. The van der Waals surface area contributed by atoms with Gasteiger partial charge in [-0.05, 0) is 104 Å². The van der Waals surface area contributed by atoms with E-state index < -0.39 is 16.3 Å². The van der Waals surface area contributed by atoms with Crippen molar-refractivity contribution in [3.05, 3.63) is 22.8 Å². The highest BCUT2D eigenvalue weighted by molar-refractivity contribution is 7.84. The number of hydrogen-bond acceptors (Lipinski definition) is 6. The van der Waals surface area contributed by atoms with Gasteiger partial charge < -0.3 is 5.11 Å². The number of carbonyl (C=O) groups is 1. The van der Waals surface area contributed by atoms with Crippen molar-refractivity contribution in [1.29, 1.82) is 5.26 Å². The molecule has 1 N–H and O–H groups in total. The summed E-state index contributed by atoms with van der Waals surface area (Å²) in [5.74, 6) is 0.358. The molecule has 0 bridgehead atoms. The van der Waals surface area contributed by atoms with Gasteiger partial charge in [0.15, 0.2) is 0 Å². The van der Waals surface area contributed by atoms with E-state index in [2.05, 4.69) is 18.1 Å². The first-order chi connectivity index (χ1) is 18.1. The van der Waals surface area contributed by atoms with Crippen molar-refractivity contribution in [2.45, 2.75) is 104 Å². The molecule has 2 unspecified atom stereocenters. The van der Waals surface area contributed by atoms with Crippen LogP contribution in [0.1, 0.15) is 104 Å². The fraction of sp³-hybridized carbons (Fsp3) is 0.759. The number of unbranched alkanes of at least 4 members (excludes halogenated alkanes) is 1. The first-order valence-corrected chi connectivity index (χ1v) is 15.7. The smallest absolute Gasteiger partial charge is 0.404 e. The molecule has 0 radical (unpaired) electrons. The zero-order valence-electron chi connectivity index (χ0n) is 23.2. The van der Waals surface area contributed by atoms with Crippen LogP contribution in [0.2, 0.25) is 0 Å². The normalized spacial score (nSPS) is 31.9. The second-order valence-electron chi connectivity index (χ2n) is 11.8. The number of hydrogen-bond donors (Lipinski definition) is 1. The van der Waals surface area contributed by atoms with Crippen molar-refractivity contribution in [3.8, 4) is 6.07 Å². The maximum Gasteiger partial charge on any atom is 0.404 e. The van der Waals surface area contributed by atoms with Crippen LogP contribution < -0.4 is 0 Å². The molecule has 4 rings (SSSR count). The van der Waals surface area contributed by atoms with Gasteiger partial charge in [0.1, 0.15) is 0 Å². The van der Waals surface area contributed by atoms with E-state index in [0.717, 1.165) is 57.8 Å². The maximum atomic E-state index is 12.4. The molecule has 0 amide bonds. The summed E-state index contributed by atoms with van der Waals surface area (Å²) in [6.07, 6.45) is 13.2. The van der Waals surface area contributed by atoms with Crippen LogP contribution in [0.25, 0.3) is 0 Å². The summed E-state index contributed by atoms with van der Waals surface area (Å²) in [7, 11) is -3.86. The van der Waals surface area contributed by atoms with Crippen LogP contribution in [0.5, 0.6) is 0 Å². The second-order valence-corrected chi connectivity index (χ2v) is 13.3. The predicted octanol–water partition coefficient (Wildman–Crippen LogP) is 6.13. The molecule has 0 aromatic heterocycles. The second kappa shape index (κ2) is 11.5. The van der Waals surface area contributed by atoms with Crippen molar-refractivity contribution in [3.63, 3.8) is 0 Å². The van der Waals surface area contributed by atoms with Crippen molar-refractivity contribution in [1.82, 2.24) is 4.31 Å². The van der Waals surface area contributed by atoms with E-state index in [1.165, 1.54) is 15.5 Å². The van der Waals surface area contributed by atoms with Crippen molar-refractivity contribution in [2.24, 2.45) is 27.8 Å². The Labute approximate surface area is 228 Å². The number of allylic oxidation sites excluding steroid dienone is 4. The predicted molar refractivity (Wildman–Crippen MR) is 146 cm³/mol. The summed E-state index contributed by atoms with van der Waals surface area (Å²) in [5, 5.41) is 22.9. The Kier molecular flexibility index (Phi) is 8.73. The molecule has 210 valence electrons. The van der Waals surface area contributed by atoms with Gasteiger partial charge in [-0.2, -0.15) is 18.0 Å². The van der Waals surface area contributed by atoms with Gasteiger partial charge in [0, 0.05) is 25.9 Å². The average molecular weight is 546 g/mol. The summed E-state index contributed by atoms with van der Waals surface area (Å²) in [6.45, 7) is 6.67. The number of nitriles is 1. The Morgan fingerprint density at radius 2 is 1.95 bits per heavy atom. The minimum absolute atomic E-state index is 0.0166. The van der Waals surface area contributed by atoms with Crippen LogP contribution in [-0.2, 0) is 19.4 Å². The molecule has 0 aromatic rings. The fourth-order valence-electron chi connectivity index (χ4n) is 8.21. The van der Waals surface area contributed by atoms with Crippen LogP contribution in [0.4, 0.5) is 0 Å². The summed E-state index contributed by atoms with van der Waals surface area (Å²) in [6, 6.07) is 2.51. The first kappa shape index (κ1) is 28.8. The molecule has 2 fully saturated rings. The first-order valence-electron chi connectivity index (χ1n) is 14.4. The highest BCUT2D eigenvalue weighted by Gasteiger charge is 2.60. The monoisotopic (exact) mass is 545 g/mol. The molecule has 2 saturated carbocycles. The lowest BCUT2D eigenvalue weighted by atomic mass is 9.50. The average Bonchev–Trinajstić information content (AvgIpc) is 3.18. The topological polar surface area (TPSA) is 120 Å². The highest BCUT2D eigenvalue weighted by atomic mass is 32.2. The third kappa shape index (κ3) is 5.31. The van der Waals surface area contributed by atoms with E-state index in [4.69, 9.17) is 9.39 Å². The van der Waals surface area contributed by atoms with Crippen LogP contribution >= 0.6 is 0 Å². The summed E-state index contributed by atoms with van der Waals surface area (Å²) in [4.78, 5) is 11.0. The van der Waals surface area contributed by atoms with Crippen molar-refractivity contribution >= 4 is 22.0 Å². The number of carboxylic acids is 1. The van der Waals surface area contributed by atoms with Gasteiger partial charge in [0.2, 0.25) is 0 Å². The van der Waals surface area contributed by atoms with Crippen LogP contribution in [-0.4, -0.2) is 42.6 Å². The Morgan fingerprint density at radius 1 is 1.18 bits per heavy atom. The molecule has 0 saturated heterocycles. The van der Waals surface area contributed by atoms with Crippen LogP contribution in [0.15, 0.2) is 28.0 Å². The number of fused-ring (bicyclic) bond motifs is 4. The number of nitrogens with zero attached hydrogens (tertiary/aromatic N) is 3. The number of carboxylic acid groups (broad SMARTS) is 1. The zero-order valence-corrected chi connectivity index (χ0v) is 24.0. The van der Waals surface area contributed by atoms with Gasteiger partial charge in [-0.25, -0.2) is 0 Å². The number of aliphatic carboxylic acids is 1. The van der Waals surface area contributed by atoms with Gasteiger partial charge in [-0.3, -0.25) is 9.08 Å². The molecule has 0 spiro atoms. The van der Waals surface area contributed by atoms with Gasteiger partial charge >= 0.3 is 16.3 Å². The van der Waals surface area contributed by atoms with Gasteiger partial charge in [0.25, 0.3) is 0 Å². The van der Waals surface area contributed by atoms with Crippen LogP contribution in [0.3, 0.4) is 0 Å². The lowest BCUT2D eigenvalue weighted by Gasteiger charge is -2.53. The molecule has 4 atom stereocenters. The Hall–Kier alpha value is -2.18. The minimum atomic E-state index is -3.86. The van der Waals surface area contributed by atoms with Gasteiger partial charge in [0.05, 0.1) is 11.8 Å². The minimum Gasteiger partial charge on any atom is -0.481 e. The van der Waals surface area contributed by atoms with Crippen molar-refractivity contribution in [2.75, 3.05) is 13.1 Å². The Bertz CT molecular complexity index is 1160. The van der Waals surface area contributed by atoms with Gasteiger partial charge in [-0.15, -0.1) is 0 Å². The van der Waals surface area contributed by atoms with Crippen molar-refractivity contribution < 1.29 is 22.6 Å². The third-order valence-corrected chi connectivity index (χ3v) is 11.7. The summed E-state index contributed by atoms with van der Waals surface area (Å²) < 4.78 is 31.0. The van der Waals surface area contributed by atoms with E-state index in [-0.39, 0.29) is 17.3 Å². The van der Waals surface area contributed by atoms with Crippen LogP contribution in [0, 0.1) is 34.0 Å². The maximum absolute atomic E-state index is 12.4. The molecule has 9 heteroatoms. The molecule has 38 heavy (non-hydrogen) atoms. The zero-order chi connectivity index (χ0) is 27.6. The standard InChI is InChI=1S/C29H43N3O5S/c1-4-32(5-2)38(35,36)37-31-22-10-12-23-21(20-22)9-11-25-24(23)13-16-28(3)26(25)14-17-29(28,18-19-30)15-7-6-8-27(33)34/h20,25-26H,4-18H2,1-3H3,(H,33,34)/t25?,26?,28-,29-/m0/s1. The molecule has 4 aliphatic carbocycles. The highest BCUT2D eigenvalue weighted by Crippen LogP contribution is 2.69. The Morgan fingerprint density at radius 3 is 2.63 bits per heavy atom. The molecular formula is C29H43N3O5S. The van der Waals surface area contributed by atoms with E-state index >= 15 is 0 Å². The largest absolute Gasteiger partial charge is 0.481 e. The third-order valence-electron chi connectivity index (χ3n) is 10.3. The van der Waals surface area contributed by atoms with E-state index in [1.54, 1.807) is 19.4 Å². The van der Waals surface area contributed by atoms with Gasteiger partial charge in [-0.1, -0.05) is 37.9 Å². The summed E-state index contributed by atoms with van der Waals surface area (Å²) >= 11 is 0. The number of rotatable bonds is 11. The molecule has 0 aliphatic heterocycles. The van der Waals surface area contributed by atoms with E-state index in [9.17, 15) is 18.5 Å².